The minimum atomic E-state index is 0.442. The van der Waals surface area contributed by atoms with E-state index >= 15 is 0 Å². The lowest BCUT2D eigenvalue weighted by Gasteiger charge is -2.09. The summed E-state index contributed by atoms with van der Waals surface area (Å²) in [5, 5.41) is 0. The molecule has 0 amide bonds. The summed E-state index contributed by atoms with van der Waals surface area (Å²) in [5.74, 6) is 0. The van der Waals surface area contributed by atoms with E-state index in [0.717, 1.165) is 19.4 Å². The van der Waals surface area contributed by atoms with Crippen LogP contribution in [0.4, 0.5) is 0 Å². The molecule has 0 spiro atoms. The van der Waals surface area contributed by atoms with Crippen LogP contribution in [0.3, 0.4) is 0 Å². The number of ether oxygens (including phenoxy) is 1. The van der Waals surface area contributed by atoms with Gasteiger partial charge in [-0.05, 0) is 19.8 Å². The molecule has 1 atom stereocenters. The second-order valence-electron chi connectivity index (χ2n) is 3.36. The highest BCUT2D eigenvalue weighted by atomic mass is 16.5. The van der Waals surface area contributed by atoms with Crippen LogP contribution in [0.15, 0.2) is 0 Å². The summed E-state index contributed by atoms with van der Waals surface area (Å²) in [6, 6.07) is 0. The molecule has 0 aliphatic heterocycles. The van der Waals surface area contributed by atoms with Gasteiger partial charge in [0.15, 0.2) is 0 Å². The van der Waals surface area contributed by atoms with Crippen LogP contribution < -0.4 is 0 Å². The van der Waals surface area contributed by atoms with E-state index in [1.807, 2.05) is 0 Å². The molecule has 1 radical (unpaired) electrons. The normalized spacial score (nSPS) is 13.2. The van der Waals surface area contributed by atoms with Gasteiger partial charge in [-0.2, -0.15) is 0 Å². The van der Waals surface area contributed by atoms with Crippen molar-refractivity contribution < 1.29 is 4.74 Å². The standard InChI is InChI=1S/C11H23O/c1-4-6-7-8-9-10-12-11(3)5-2/h11H,1,4-10H2,2-3H3. The minimum absolute atomic E-state index is 0.442. The van der Waals surface area contributed by atoms with E-state index in [1.54, 1.807) is 0 Å². The summed E-state index contributed by atoms with van der Waals surface area (Å²) >= 11 is 0. The highest BCUT2D eigenvalue weighted by Crippen LogP contribution is 2.04. The fourth-order valence-electron chi connectivity index (χ4n) is 1.03. The third-order valence-electron chi connectivity index (χ3n) is 2.12. The lowest BCUT2D eigenvalue weighted by atomic mass is 10.2. The topological polar surface area (TPSA) is 9.23 Å². The van der Waals surface area contributed by atoms with Crippen LogP contribution in [-0.4, -0.2) is 12.7 Å². The highest BCUT2D eigenvalue weighted by molar-refractivity contribution is 4.47. The van der Waals surface area contributed by atoms with Crippen molar-refractivity contribution in [2.45, 2.75) is 58.5 Å². The first-order valence-corrected chi connectivity index (χ1v) is 5.22. The van der Waals surface area contributed by atoms with E-state index in [0.29, 0.717) is 6.10 Å². The summed E-state index contributed by atoms with van der Waals surface area (Å²) in [4.78, 5) is 0. The van der Waals surface area contributed by atoms with Crippen molar-refractivity contribution in [1.82, 2.24) is 0 Å². The van der Waals surface area contributed by atoms with Gasteiger partial charge in [-0.1, -0.05) is 39.5 Å². The molecule has 0 rings (SSSR count). The fourth-order valence-corrected chi connectivity index (χ4v) is 1.03. The maximum absolute atomic E-state index is 5.56. The van der Waals surface area contributed by atoms with Crippen LogP contribution in [0.5, 0.6) is 0 Å². The van der Waals surface area contributed by atoms with Gasteiger partial charge in [-0.3, -0.25) is 0 Å². The van der Waals surface area contributed by atoms with Gasteiger partial charge < -0.3 is 4.74 Å². The molecule has 0 aliphatic rings. The van der Waals surface area contributed by atoms with Gasteiger partial charge in [-0.25, -0.2) is 0 Å². The van der Waals surface area contributed by atoms with Gasteiger partial charge in [0.1, 0.15) is 0 Å². The lowest BCUT2D eigenvalue weighted by molar-refractivity contribution is 0.0608. The third kappa shape index (κ3) is 8.06. The van der Waals surface area contributed by atoms with Crippen LogP contribution in [-0.2, 0) is 4.74 Å². The molecule has 1 unspecified atom stereocenters. The molecule has 0 N–H and O–H groups in total. The number of hydrogen-bond acceptors (Lipinski definition) is 1. The van der Waals surface area contributed by atoms with Crippen LogP contribution >= 0.6 is 0 Å². The fraction of sp³-hybridized carbons (Fsp3) is 0.909. The molecule has 73 valence electrons. The number of unbranched alkanes of at least 4 members (excludes halogenated alkanes) is 4. The zero-order chi connectivity index (χ0) is 9.23. The van der Waals surface area contributed by atoms with Crippen molar-refractivity contribution >= 4 is 0 Å². The van der Waals surface area contributed by atoms with Gasteiger partial charge in [0.2, 0.25) is 0 Å². The van der Waals surface area contributed by atoms with E-state index < -0.39 is 0 Å². The van der Waals surface area contributed by atoms with E-state index in [-0.39, 0.29) is 0 Å². The molecule has 0 aliphatic carbocycles. The smallest absolute Gasteiger partial charge is 0.0544 e. The average molecular weight is 171 g/mol. The average Bonchev–Trinajstić information content (AvgIpc) is 2.10. The molecule has 0 aromatic rings. The summed E-state index contributed by atoms with van der Waals surface area (Å²) in [6.07, 6.45) is 7.73. The molecule has 0 aromatic carbocycles. The molecule has 1 heteroatoms. The van der Waals surface area contributed by atoms with Gasteiger partial charge in [0.25, 0.3) is 0 Å². The number of hydrogen-bond donors (Lipinski definition) is 0. The first kappa shape index (κ1) is 12.0. The highest BCUT2D eigenvalue weighted by Gasteiger charge is 1.96. The maximum atomic E-state index is 5.56. The monoisotopic (exact) mass is 171 g/mol. The Morgan fingerprint density at radius 3 is 2.42 bits per heavy atom. The molecule has 0 saturated heterocycles. The van der Waals surface area contributed by atoms with E-state index in [4.69, 9.17) is 4.74 Å². The van der Waals surface area contributed by atoms with Crippen LogP contribution in [0.1, 0.15) is 52.4 Å². The Kier molecular flexibility index (Phi) is 9.02. The largest absolute Gasteiger partial charge is 0.379 e. The second kappa shape index (κ2) is 9.05. The van der Waals surface area contributed by atoms with Gasteiger partial charge in [0, 0.05) is 6.61 Å². The Morgan fingerprint density at radius 1 is 1.17 bits per heavy atom. The molecule has 0 fully saturated rings. The molecule has 0 heterocycles. The lowest BCUT2D eigenvalue weighted by Crippen LogP contribution is -2.07. The van der Waals surface area contributed by atoms with Crippen molar-refractivity contribution in [1.29, 1.82) is 0 Å². The van der Waals surface area contributed by atoms with Crippen molar-refractivity contribution in [3.05, 3.63) is 6.92 Å². The van der Waals surface area contributed by atoms with Gasteiger partial charge in [-0.15, -0.1) is 0 Å². The Hall–Kier alpha value is -0.0400. The quantitative estimate of drug-likeness (QED) is 0.507. The third-order valence-corrected chi connectivity index (χ3v) is 2.12. The van der Waals surface area contributed by atoms with Gasteiger partial charge in [0.05, 0.1) is 6.10 Å². The van der Waals surface area contributed by atoms with Crippen molar-refractivity contribution in [2.75, 3.05) is 6.61 Å². The van der Waals surface area contributed by atoms with Crippen LogP contribution in [0.25, 0.3) is 0 Å². The Bertz CT molecular complexity index is 81.1. The Balaban J connectivity index is 2.90. The van der Waals surface area contributed by atoms with Crippen LogP contribution in [0, 0.1) is 6.92 Å². The first-order valence-electron chi connectivity index (χ1n) is 5.22. The van der Waals surface area contributed by atoms with E-state index in [9.17, 15) is 0 Å². The minimum Gasteiger partial charge on any atom is -0.379 e. The van der Waals surface area contributed by atoms with Crippen LogP contribution in [0.2, 0.25) is 0 Å². The second-order valence-corrected chi connectivity index (χ2v) is 3.36. The molecule has 1 nitrogen and oxygen atoms in total. The molecule has 12 heavy (non-hydrogen) atoms. The Morgan fingerprint density at radius 2 is 1.83 bits per heavy atom. The molecule has 0 bridgehead atoms. The van der Waals surface area contributed by atoms with Gasteiger partial charge >= 0.3 is 0 Å². The predicted octanol–water partition coefficient (Wildman–Crippen LogP) is 3.59. The van der Waals surface area contributed by atoms with E-state index in [1.165, 1.54) is 25.7 Å². The summed E-state index contributed by atoms with van der Waals surface area (Å²) in [6.45, 7) is 9.05. The van der Waals surface area contributed by atoms with Crippen molar-refractivity contribution in [3.63, 3.8) is 0 Å². The van der Waals surface area contributed by atoms with Crippen molar-refractivity contribution in [2.24, 2.45) is 0 Å². The summed E-state index contributed by atoms with van der Waals surface area (Å²) in [7, 11) is 0. The maximum Gasteiger partial charge on any atom is 0.0544 e. The van der Waals surface area contributed by atoms with Crippen molar-refractivity contribution in [3.8, 4) is 0 Å². The predicted molar refractivity (Wildman–Crippen MR) is 54.1 cm³/mol. The summed E-state index contributed by atoms with van der Waals surface area (Å²) in [5.41, 5.74) is 0. The summed E-state index contributed by atoms with van der Waals surface area (Å²) < 4.78 is 5.56. The molecular weight excluding hydrogens is 148 g/mol. The molecule has 0 saturated carbocycles. The zero-order valence-corrected chi connectivity index (χ0v) is 8.64. The SMILES string of the molecule is [CH2]CCCCCCOC(C)CC. The van der Waals surface area contributed by atoms with E-state index in [2.05, 4.69) is 20.8 Å². The Labute approximate surface area is 77.5 Å². The first-order chi connectivity index (χ1) is 5.81. The molecule has 0 aromatic heterocycles. The molecular formula is C11H23O. The zero-order valence-electron chi connectivity index (χ0n) is 8.64. The number of rotatable bonds is 8.